The average Bonchev–Trinajstić information content (AvgIpc) is 2.96. The Balaban J connectivity index is 2.25. The van der Waals surface area contributed by atoms with Crippen LogP contribution in [0.5, 0.6) is 0 Å². The van der Waals surface area contributed by atoms with Gasteiger partial charge in [-0.05, 0) is 31.5 Å². The minimum Gasteiger partial charge on any atom is -0.372 e. The number of nitrogens with zero attached hydrogens (tertiary/aromatic N) is 4. The van der Waals surface area contributed by atoms with Gasteiger partial charge in [0.05, 0.1) is 17.6 Å². The molecular formula is C15H22N4O3S. The lowest BCUT2D eigenvalue weighted by atomic mass is 10.1. The van der Waals surface area contributed by atoms with Crippen molar-refractivity contribution in [1.29, 1.82) is 0 Å². The van der Waals surface area contributed by atoms with Crippen LogP contribution < -0.4 is 0 Å². The second-order valence-electron chi connectivity index (χ2n) is 5.95. The van der Waals surface area contributed by atoms with Crippen molar-refractivity contribution in [3.63, 3.8) is 0 Å². The van der Waals surface area contributed by atoms with E-state index in [9.17, 15) is 8.42 Å². The summed E-state index contributed by atoms with van der Waals surface area (Å²) >= 11 is 0. The minimum absolute atomic E-state index is 0.262. The van der Waals surface area contributed by atoms with E-state index in [1.807, 2.05) is 19.9 Å². The highest BCUT2D eigenvalue weighted by Crippen LogP contribution is 2.21. The molecule has 0 aliphatic carbocycles. The van der Waals surface area contributed by atoms with Crippen molar-refractivity contribution < 1.29 is 13.2 Å². The van der Waals surface area contributed by atoms with E-state index in [-0.39, 0.29) is 4.90 Å². The van der Waals surface area contributed by atoms with Gasteiger partial charge in [0.2, 0.25) is 10.0 Å². The molecular weight excluding hydrogens is 316 g/mol. The maximum absolute atomic E-state index is 12.2. The Kier molecular flexibility index (Phi) is 4.88. The number of methoxy groups -OCH3 is 1. The Bertz CT molecular complexity index is 782. The molecule has 7 nitrogen and oxygen atoms in total. The largest absolute Gasteiger partial charge is 0.372 e. The Hall–Kier alpha value is -1.77. The van der Waals surface area contributed by atoms with Crippen LogP contribution in [-0.2, 0) is 26.9 Å². The van der Waals surface area contributed by atoms with Gasteiger partial charge in [-0.25, -0.2) is 17.4 Å². The topological polar surface area (TPSA) is 77.3 Å². The molecule has 0 saturated carbocycles. The molecule has 0 fully saturated rings. The van der Waals surface area contributed by atoms with Gasteiger partial charge in [-0.1, -0.05) is 17.3 Å². The molecule has 2 rings (SSSR count). The molecule has 1 aromatic carbocycles. The summed E-state index contributed by atoms with van der Waals surface area (Å²) < 4.78 is 32.6. The first kappa shape index (κ1) is 17.6. The molecule has 0 N–H and O–H groups in total. The molecule has 8 heteroatoms. The van der Waals surface area contributed by atoms with Gasteiger partial charge in [0.15, 0.2) is 0 Å². The molecule has 2 aromatic rings. The lowest BCUT2D eigenvalue weighted by Gasteiger charge is -2.18. The van der Waals surface area contributed by atoms with Crippen LogP contribution in [0, 0.1) is 0 Å². The second-order valence-corrected chi connectivity index (χ2v) is 8.10. The van der Waals surface area contributed by atoms with Gasteiger partial charge in [-0.3, -0.25) is 0 Å². The number of hydrogen-bond donors (Lipinski definition) is 0. The monoisotopic (exact) mass is 338 g/mol. The first-order valence-corrected chi connectivity index (χ1v) is 8.58. The summed E-state index contributed by atoms with van der Waals surface area (Å²) in [5.74, 6) is 0. The maximum atomic E-state index is 12.2. The number of hydrogen-bond acceptors (Lipinski definition) is 5. The molecule has 0 amide bonds. The smallest absolute Gasteiger partial charge is 0.242 e. The van der Waals surface area contributed by atoms with Crippen LogP contribution >= 0.6 is 0 Å². The zero-order chi connectivity index (χ0) is 17.3. The fourth-order valence-corrected chi connectivity index (χ4v) is 2.93. The lowest BCUT2D eigenvalue weighted by Crippen LogP contribution is -2.22. The molecule has 0 atom stereocenters. The lowest BCUT2D eigenvalue weighted by molar-refractivity contribution is 0.0154. The summed E-state index contributed by atoms with van der Waals surface area (Å²) in [7, 11) is 1.20. The summed E-state index contributed by atoms with van der Waals surface area (Å²) in [6, 6.07) is 6.82. The van der Waals surface area contributed by atoms with Gasteiger partial charge in [0.1, 0.15) is 11.3 Å². The fraction of sp³-hybridized carbons (Fsp3) is 0.467. The number of ether oxygens (including phenoxy) is 1. The van der Waals surface area contributed by atoms with Gasteiger partial charge < -0.3 is 4.74 Å². The van der Waals surface area contributed by atoms with Crippen molar-refractivity contribution in [3.8, 4) is 0 Å². The SMILES string of the molecule is COC(C)(C)c1cn(Cc2cccc(S(=O)(=O)N(C)C)c2)nn1. The van der Waals surface area contributed by atoms with Crippen LogP contribution in [-0.4, -0.2) is 48.9 Å². The summed E-state index contributed by atoms with van der Waals surface area (Å²) in [6.07, 6.45) is 1.80. The van der Waals surface area contributed by atoms with Crippen molar-refractivity contribution in [2.75, 3.05) is 21.2 Å². The van der Waals surface area contributed by atoms with E-state index in [0.717, 1.165) is 11.3 Å². The predicted molar refractivity (Wildman–Crippen MR) is 86.5 cm³/mol. The maximum Gasteiger partial charge on any atom is 0.242 e. The summed E-state index contributed by atoms with van der Waals surface area (Å²) in [4.78, 5) is 0.262. The van der Waals surface area contributed by atoms with E-state index in [1.165, 1.54) is 18.4 Å². The minimum atomic E-state index is -3.45. The van der Waals surface area contributed by atoms with Crippen molar-refractivity contribution in [2.24, 2.45) is 0 Å². The third kappa shape index (κ3) is 3.77. The van der Waals surface area contributed by atoms with Crippen LogP contribution in [0.1, 0.15) is 25.1 Å². The van der Waals surface area contributed by atoms with Crippen LogP contribution in [0.25, 0.3) is 0 Å². The van der Waals surface area contributed by atoms with Crippen LogP contribution in [0.3, 0.4) is 0 Å². The van der Waals surface area contributed by atoms with Gasteiger partial charge in [-0.2, -0.15) is 0 Å². The van der Waals surface area contributed by atoms with Crippen molar-refractivity contribution in [1.82, 2.24) is 19.3 Å². The first-order chi connectivity index (χ1) is 10.7. The molecule has 0 aliphatic heterocycles. The van der Waals surface area contributed by atoms with Gasteiger partial charge >= 0.3 is 0 Å². The van der Waals surface area contributed by atoms with Gasteiger partial charge in [0, 0.05) is 21.2 Å². The quantitative estimate of drug-likeness (QED) is 0.797. The first-order valence-electron chi connectivity index (χ1n) is 7.14. The highest BCUT2D eigenvalue weighted by Gasteiger charge is 2.23. The van der Waals surface area contributed by atoms with E-state index in [4.69, 9.17) is 4.74 Å². The Morgan fingerprint density at radius 1 is 1.30 bits per heavy atom. The molecule has 126 valence electrons. The molecule has 1 heterocycles. The third-order valence-corrected chi connectivity index (χ3v) is 5.50. The normalized spacial score (nSPS) is 12.8. The predicted octanol–water partition coefficient (Wildman–Crippen LogP) is 1.46. The zero-order valence-electron chi connectivity index (χ0n) is 14.0. The highest BCUT2D eigenvalue weighted by atomic mass is 32.2. The standard InChI is InChI=1S/C15H22N4O3S/c1-15(2,22-5)14-11-19(17-16-14)10-12-7-6-8-13(9-12)23(20,21)18(3)4/h6-9,11H,10H2,1-5H3. The van der Waals surface area contributed by atoms with E-state index in [1.54, 1.807) is 36.2 Å². The molecule has 0 bridgehead atoms. The molecule has 0 saturated heterocycles. The Morgan fingerprint density at radius 2 is 2.00 bits per heavy atom. The average molecular weight is 338 g/mol. The molecule has 0 aliphatic rings. The fourth-order valence-electron chi connectivity index (χ4n) is 1.96. The molecule has 0 spiro atoms. The Labute approximate surface area is 136 Å². The highest BCUT2D eigenvalue weighted by molar-refractivity contribution is 7.89. The van der Waals surface area contributed by atoms with Gasteiger partial charge in [0.25, 0.3) is 0 Å². The second kappa shape index (κ2) is 6.38. The summed E-state index contributed by atoms with van der Waals surface area (Å²) in [5, 5.41) is 8.20. The van der Waals surface area contributed by atoms with E-state index in [2.05, 4.69) is 10.3 Å². The number of rotatable bonds is 6. The molecule has 1 aromatic heterocycles. The summed E-state index contributed by atoms with van der Waals surface area (Å²) in [5.41, 5.74) is 1.03. The number of sulfonamides is 1. The van der Waals surface area contributed by atoms with Crippen LogP contribution in [0.4, 0.5) is 0 Å². The van der Waals surface area contributed by atoms with E-state index in [0.29, 0.717) is 6.54 Å². The zero-order valence-corrected chi connectivity index (χ0v) is 14.8. The molecule has 0 unspecified atom stereocenters. The van der Waals surface area contributed by atoms with E-state index < -0.39 is 15.6 Å². The van der Waals surface area contributed by atoms with Crippen molar-refractivity contribution in [2.45, 2.75) is 30.9 Å². The molecule has 23 heavy (non-hydrogen) atoms. The molecule has 0 radical (unpaired) electrons. The van der Waals surface area contributed by atoms with Crippen LogP contribution in [0.15, 0.2) is 35.4 Å². The van der Waals surface area contributed by atoms with E-state index >= 15 is 0 Å². The van der Waals surface area contributed by atoms with Crippen molar-refractivity contribution >= 4 is 10.0 Å². The van der Waals surface area contributed by atoms with Crippen molar-refractivity contribution in [3.05, 3.63) is 41.7 Å². The third-order valence-electron chi connectivity index (χ3n) is 3.69. The number of benzene rings is 1. The van der Waals surface area contributed by atoms with Gasteiger partial charge in [-0.15, -0.1) is 5.10 Å². The van der Waals surface area contributed by atoms with Crippen LogP contribution in [0.2, 0.25) is 0 Å². The summed E-state index contributed by atoms with van der Waals surface area (Å²) in [6.45, 7) is 4.25. The number of aromatic nitrogens is 3. The Morgan fingerprint density at radius 3 is 2.61 bits per heavy atom.